The number of phenols is 1. The summed E-state index contributed by atoms with van der Waals surface area (Å²) in [5.74, 6) is -0.722. The van der Waals surface area contributed by atoms with Gasteiger partial charge in [0.05, 0.1) is 23.4 Å². The third-order valence-corrected chi connectivity index (χ3v) is 5.96. The molecule has 3 N–H and O–H groups in total. The van der Waals surface area contributed by atoms with Crippen LogP contribution in [0.15, 0.2) is 77.5 Å². The number of hydrazone groups is 1. The molecule has 0 radical (unpaired) electrons. The number of aromatic hydroxyl groups is 1. The quantitative estimate of drug-likeness (QED) is 0.178. The van der Waals surface area contributed by atoms with Gasteiger partial charge in [-0.2, -0.15) is 5.10 Å². The highest BCUT2D eigenvalue weighted by atomic mass is 35.5. The van der Waals surface area contributed by atoms with E-state index in [1.807, 2.05) is 31.2 Å². The average Bonchev–Trinajstić information content (AvgIpc) is 2.91. The molecule has 3 aromatic carbocycles. The standard InChI is InChI=1S/C29H31ClN4O4/c1-4-34(5-2)22-14-11-20(12-15-22)17-26(32-28(36)24-9-7-8-10-25(24)30)29(37)33-31-19-21-13-16-23(38-6-3)18-27(21)35/h7-19,35H,4-6H2,1-3H3,(H,32,36)(H,33,37)/b26-17+,31-19+. The van der Waals surface area contributed by atoms with Gasteiger partial charge in [0.1, 0.15) is 17.2 Å². The number of anilines is 1. The summed E-state index contributed by atoms with van der Waals surface area (Å²) in [5.41, 5.74) is 4.74. The molecule has 0 atom stereocenters. The number of halogens is 1. The van der Waals surface area contributed by atoms with Crippen LogP contribution in [0, 0.1) is 0 Å². The number of hydrogen-bond acceptors (Lipinski definition) is 6. The molecule has 0 saturated heterocycles. The SMILES string of the molecule is CCOc1ccc(/C=N/NC(=O)/C(=C\c2ccc(N(CC)CC)cc2)NC(=O)c2ccccc2Cl)c(O)c1. The van der Waals surface area contributed by atoms with Crippen LogP contribution in [0.1, 0.15) is 42.3 Å². The van der Waals surface area contributed by atoms with Crippen molar-refractivity contribution in [2.24, 2.45) is 5.10 Å². The van der Waals surface area contributed by atoms with Crippen molar-refractivity contribution >= 4 is 41.4 Å². The third-order valence-electron chi connectivity index (χ3n) is 5.63. The lowest BCUT2D eigenvalue weighted by atomic mass is 10.1. The highest BCUT2D eigenvalue weighted by Crippen LogP contribution is 2.22. The first-order valence-electron chi connectivity index (χ1n) is 12.3. The fraction of sp³-hybridized carbons (Fsp3) is 0.207. The molecule has 0 heterocycles. The van der Waals surface area contributed by atoms with Crippen LogP contribution in [0.2, 0.25) is 5.02 Å². The molecule has 9 heteroatoms. The first-order valence-corrected chi connectivity index (χ1v) is 12.7. The summed E-state index contributed by atoms with van der Waals surface area (Å²) in [4.78, 5) is 28.2. The van der Waals surface area contributed by atoms with Gasteiger partial charge in [0.2, 0.25) is 0 Å². The van der Waals surface area contributed by atoms with Gasteiger partial charge in [-0.25, -0.2) is 5.43 Å². The van der Waals surface area contributed by atoms with E-state index >= 15 is 0 Å². The zero-order valence-electron chi connectivity index (χ0n) is 21.6. The lowest BCUT2D eigenvalue weighted by Gasteiger charge is -2.21. The summed E-state index contributed by atoms with van der Waals surface area (Å²) in [6, 6.07) is 19.0. The van der Waals surface area contributed by atoms with Gasteiger partial charge in [-0.05, 0) is 68.8 Å². The van der Waals surface area contributed by atoms with Crippen molar-refractivity contribution in [3.8, 4) is 11.5 Å². The number of nitrogens with zero attached hydrogens (tertiary/aromatic N) is 2. The second-order valence-electron chi connectivity index (χ2n) is 8.11. The van der Waals surface area contributed by atoms with Gasteiger partial charge in [-0.1, -0.05) is 35.9 Å². The van der Waals surface area contributed by atoms with Crippen molar-refractivity contribution < 1.29 is 19.4 Å². The lowest BCUT2D eigenvalue weighted by molar-refractivity contribution is -0.117. The Labute approximate surface area is 227 Å². The summed E-state index contributed by atoms with van der Waals surface area (Å²) in [7, 11) is 0. The zero-order chi connectivity index (χ0) is 27.5. The molecule has 0 fully saturated rings. The molecule has 38 heavy (non-hydrogen) atoms. The number of rotatable bonds is 11. The Morgan fingerprint density at radius 2 is 1.74 bits per heavy atom. The van der Waals surface area contributed by atoms with Crippen LogP contribution in [0.25, 0.3) is 6.08 Å². The summed E-state index contributed by atoms with van der Waals surface area (Å²) in [6.45, 7) is 8.21. The van der Waals surface area contributed by atoms with E-state index < -0.39 is 11.8 Å². The second-order valence-corrected chi connectivity index (χ2v) is 8.52. The predicted molar refractivity (Wildman–Crippen MR) is 152 cm³/mol. The number of phenolic OH excluding ortho intramolecular Hbond substituents is 1. The maximum Gasteiger partial charge on any atom is 0.287 e. The first-order chi connectivity index (χ1) is 18.4. The molecule has 0 aliphatic rings. The molecule has 0 aliphatic heterocycles. The maximum atomic E-state index is 13.0. The van der Waals surface area contributed by atoms with Crippen molar-refractivity contribution in [3.05, 3.63) is 94.1 Å². The van der Waals surface area contributed by atoms with Crippen LogP contribution < -0.4 is 20.4 Å². The van der Waals surface area contributed by atoms with Gasteiger partial charge in [0, 0.05) is 30.4 Å². The van der Waals surface area contributed by atoms with Crippen LogP contribution in [0.3, 0.4) is 0 Å². The minimum atomic E-state index is -0.653. The van der Waals surface area contributed by atoms with Gasteiger partial charge >= 0.3 is 0 Å². The van der Waals surface area contributed by atoms with Crippen LogP contribution in [0.5, 0.6) is 11.5 Å². The number of carbonyl (C=O) groups is 2. The fourth-order valence-corrected chi connectivity index (χ4v) is 3.86. The summed E-state index contributed by atoms with van der Waals surface area (Å²) < 4.78 is 5.35. The molecule has 2 amide bonds. The topological polar surface area (TPSA) is 103 Å². The molecule has 8 nitrogen and oxygen atoms in total. The van der Waals surface area contributed by atoms with Gasteiger partial charge in [-0.3, -0.25) is 9.59 Å². The molecule has 0 spiro atoms. The zero-order valence-corrected chi connectivity index (χ0v) is 22.3. The minimum Gasteiger partial charge on any atom is -0.507 e. The van der Waals surface area contributed by atoms with Crippen LogP contribution >= 0.6 is 11.6 Å². The van der Waals surface area contributed by atoms with E-state index in [1.165, 1.54) is 12.3 Å². The number of ether oxygens (including phenoxy) is 1. The first kappa shape index (κ1) is 28.3. The van der Waals surface area contributed by atoms with Crippen molar-refractivity contribution in [1.82, 2.24) is 10.7 Å². The van der Waals surface area contributed by atoms with E-state index in [4.69, 9.17) is 16.3 Å². The van der Waals surface area contributed by atoms with E-state index in [9.17, 15) is 14.7 Å². The van der Waals surface area contributed by atoms with Gasteiger partial charge in [-0.15, -0.1) is 0 Å². The monoisotopic (exact) mass is 534 g/mol. The van der Waals surface area contributed by atoms with E-state index in [0.717, 1.165) is 18.8 Å². The number of amides is 2. The van der Waals surface area contributed by atoms with E-state index in [0.29, 0.717) is 23.5 Å². The number of carbonyl (C=O) groups excluding carboxylic acids is 2. The molecular formula is C29H31ClN4O4. The molecule has 3 aromatic rings. The fourth-order valence-electron chi connectivity index (χ4n) is 3.64. The highest BCUT2D eigenvalue weighted by molar-refractivity contribution is 6.34. The minimum absolute atomic E-state index is 0.0291. The van der Waals surface area contributed by atoms with Gasteiger partial charge < -0.3 is 20.1 Å². The second kappa shape index (κ2) is 13.9. The molecule has 0 saturated carbocycles. The number of nitrogens with one attached hydrogen (secondary N) is 2. The molecule has 3 rings (SSSR count). The van der Waals surface area contributed by atoms with Crippen LogP contribution in [-0.4, -0.2) is 42.8 Å². The normalized spacial score (nSPS) is 11.3. The molecule has 0 aliphatic carbocycles. The maximum absolute atomic E-state index is 13.0. The van der Waals surface area contributed by atoms with E-state index in [-0.39, 0.29) is 22.0 Å². The van der Waals surface area contributed by atoms with Crippen LogP contribution in [0.4, 0.5) is 5.69 Å². The Bertz CT molecular complexity index is 1320. The van der Waals surface area contributed by atoms with Crippen molar-refractivity contribution in [1.29, 1.82) is 0 Å². The summed E-state index contributed by atoms with van der Waals surface area (Å²) >= 11 is 6.17. The Morgan fingerprint density at radius 1 is 1.03 bits per heavy atom. The summed E-state index contributed by atoms with van der Waals surface area (Å²) in [5, 5.41) is 17.0. The molecule has 0 bridgehead atoms. The Morgan fingerprint density at radius 3 is 2.37 bits per heavy atom. The molecule has 0 aromatic heterocycles. The number of hydrogen-bond donors (Lipinski definition) is 3. The van der Waals surface area contributed by atoms with Crippen molar-refractivity contribution in [3.63, 3.8) is 0 Å². The predicted octanol–water partition coefficient (Wildman–Crippen LogP) is 5.21. The largest absolute Gasteiger partial charge is 0.507 e. The Balaban J connectivity index is 1.84. The van der Waals surface area contributed by atoms with Crippen molar-refractivity contribution in [2.75, 3.05) is 24.6 Å². The lowest BCUT2D eigenvalue weighted by Crippen LogP contribution is -2.33. The van der Waals surface area contributed by atoms with Crippen LogP contribution in [-0.2, 0) is 4.79 Å². The molecule has 0 unspecified atom stereocenters. The molecular weight excluding hydrogens is 504 g/mol. The Hall–Kier alpha value is -4.30. The average molecular weight is 535 g/mol. The van der Waals surface area contributed by atoms with Gasteiger partial charge in [0.15, 0.2) is 0 Å². The van der Waals surface area contributed by atoms with E-state index in [2.05, 4.69) is 34.6 Å². The highest BCUT2D eigenvalue weighted by Gasteiger charge is 2.16. The Kier molecular flexibility index (Phi) is 10.3. The third kappa shape index (κ3) is 7.60. The van der Waals surface area contributed by atoms with Gasteiger partial charge in [0.25, 0.3) is 11.8 Å². The number of benzene rings is 3. The van der Waals surface area contributed by atoms with Crippen molar-refractivity contribution in [2.45, 2.75) is 20.8 Å². The van der Waals surface area contributed by atoms with E-state index in [1.54, 1.807) is 42.5 Å². The molecule has 198 valence electrons. The smallest absolute Gasteiger partial charge is 0.287 e. The summed E-state index contributed by atoms with van der Waals surface area (Å²) in [6.07, 6.45) is 2.86.